The third-order valence-corrected chi connectivity index (χ3v) is 3.65. The first kappa shape index (κ1) is 17.4. The molecular weight excluding hydrogens is 314 g/mol. The average molecular weight is 333 g/mol. The molecule has 0 aliphatic rings. The van der Waals surface area contributed by atoms with Crippen molar-refractivity contribution in [3.05, 3.63) is 42.7 Å². The Morgan fingerprint density at radius 1 is 1.13 bits per heavy atom. The number of pyridine rings is 2. The van der Waals surface area contributed by atoms with E-state index in [2.05, 4.69) is 15.3 Å². The first-order valence-electron chi connectivity index (χ1n) is 7.19. The lowest BCUT2D eigenvalue weighted by Gasteiger charge is -2.07. The van der Waals surface area contributed by atoms with E-state index in [1.807, 2.05) is 24.3 Å². The standard InChI is InChI=1S/C16H19N3O3S/c1-21-10-11-22-9-6-14(20)19-13-5-8-18-16(12-13)23-15-4-2-3-7-17-15/h2-5,7-8,12H,6,9-11H2,1H3,(H,18,19,20). The number of nitrogens with one attached hydrogen (secondary N) is 1. The first-order chi connectivity index (χ1) is 11.3. The second-order valence-corrected chi connectivity index (χ2v) is 5.60. The Hall–Kier alpha value is -1.96. The molecule has 23 heavy (non-hydrogen) atoms. The number of carbonyl (C=O) groups excluding carboxylic acids is 1. The fourth-order valence-electron chi connectivity index (χ4n) is 1.69. The van der Waals surface area contributed by atoms with Gasteiger partial charge in [-0.1, -0.05) is 17.8 Å². The molecule has 0 atom stereocenters. The topological polar surface area (TPSA) is 73.3 Å². The van der Waals surface area contributed by atoms with Crippen LogP contribution >= 0.6 is 11.8 Å². The maximum absolute atomic E-state index is 11.9. The highest BCUT2D eigenvalue weighted by molar-refractivity contribution is 7.99. The third kappa shape index (κ3) is 6.77. The fourth-order valence-corrected chi connectivity index (χ4v) is 2.46. The monoisotopic (exact) mass is 333 g/mol. The van der Waals surface area contributed by atoms with Crippen molar-refractivity contribution >= 4 is 23.4 Å². The van der Waals surface area contributed by atoms with Crippen molar-refractivity contribution in [1.29, 1.82) is 0 Å². The molecule has 7 heteroatoms. The Morgan fingerprint density at radius 3 is 2.78 bits per heavy atom. The van der Waals surface area contributed by atoms with Crippen molar-refractivity contribution in [2.24, 2.45) is 0 Å². The van der Waals surface area contributed by atoms with Crippen molar-refractivity contribution < 1.29 is 14.3 Å². The molecule has 0 bridgehead atoms. The Morgan fingerprint density at radius 2 is 2.00 bits per heavy atom. The molecule has 2 aromatic heterocycles. The summed E-state index contributed by atoms with van der Waals surface area (Å²) in [4.78, 5) is 20.4. The van der Waals surface area contributed by atoms with Crippen LogP contribution in [-0.4, -0.2) is 42.8 Å². The fraction of sp³-hybridized carbons (Fsp3) is 0.312. The van der Waals surface area contributed by atoms with Crippen LogP contribution in [0.25, 0.3) is 0 Å². The lowest BCUT2D eigenvalue weighted by Crippen LogP contribution is -2.15. The van der Waals surface area contributed by atoms with Crippen LogP contribution in [0.5, 0.6) is 0 Å². The predicted octanol–water partition coefficient (Wildman–Crippen LogP) is 2.62. The highest BCUT2D eigenvalue weighted by atomic mass is 32.2. The molecule has 2 heterocycles. The summed E-state index contributed by atoms with van der Waals surface area (Å²) in [6.45, 7) is 1.39. The van der Waals surface area contributed by atoms with Crippen molar-refractivity contribution in [1.82, 2.24) is 9.97 Å². The molecule has 0 radical (unpaired) electrons. The van der Waals surface area contributed by atoms with Crippen LogP contribution in [0.4, 0.5) is 5.69 Å². The molecule has 0 fully saturated rings. The highest BCUT2D eigenvalue weighted by Crippen LogP contribution is 2.25. The van der Waals surface area contributed by atoms with Gasteiger partial charge >= 0.3 is 0 Å². The van der Waals surface area contributed by atoms with Gasteiger partial charge < -0.3 is 14.8 Å². The molecule has 2 aromatic rings. The molecule has 1 amide bonds. The number of nitrogens with zero attached hydrogens (tertiary/aromatic N) is 2. The maximum Gasteiger partial charge on any atom is 0.226 e. The van der Waals surface area contributed by atoms with Crippen molar-refractivity contribution in [2.45, 2.75) is 16.5 Å². The molecule has 0 saturated carbocycles. The number of methoxy groups -OCH3 is 1. The summed E-state index contributed by atoms with van der Waals surface area (Å²) in [7, 11) is 1.61. The van der Waals surface area contributed by atoms with Crippen LogP contribution in [0.15, 0.2) is 52.8 Å². The number of anilines is 1. The van der Waals surface area contributed by atoms with Crippen LogP contribution in [0.3, 0.4) is 0 Å². The van der Waals surface area contributed by atoms with Gasteiger partial charge in [-0.3, -0.25) is 4.79 Å². The summed E-state index contributed by atoms with van der Waals surface area (Å²) >= 11 is 1.44. The Labute approximate surface area is 139 Å². The van der Waals surface area contributed by atoms with E-state index < -0.39 is 0 Å². The zero-order valence-electron chi connectivity index (χ0n) is 12.9. The molecule has 122 valence electrons. The molecule has 1 N–H and O–H groups in total. The van der Waals surface area contributed by atoms with Gasteiger partial charge in [0.05, 0.1) is 26.2 Å². The molecule has 0 saturated heterocycles. The smallest absolute Gasteiger partial charge is 0.226 e. The molecular formula is C16H19N3O3S. The van der Waals surface area contributed by atoms with E-state index >= 15 is 0 Å². The van der Waals surface area contributed by atoms with Gasteiger partial charge in [-0.2, -0.15) is 0 Å². The van der Waals surface area contributed by atoms with E-state index in [1.54, 1.807) is 25.6 Å². The minimum absolute atomic E-state index is 0.0950. The number of hydrogen-bond acceptors (Lipinski definition) is 6. The number of carbonyl (C=O) groups is 1. The SMILES string of the molecule is COCCOCCC(=O)Nc1ccnc(Sc2ccccn2)c1. The molecule has 0 aromatic carbocycles. The number of aromatic nitrogens is 2. The quantitative estimate of drug-likeness (QED) is 0.711. The minimum atomic E-state index is -0.0950. The van der Waals surface area contributed by atoms with Gasteiger partial charge in [0.1, 0.15) is 10.1 Å². The first-order valence-corrected chi connectivity index (χ1v) is 8.01. The van der Waals surface area contributed by atoms with Crippen LogP contribution in [0.1, 0.15) is 6.42 Å². The van der Waals surface area contributed by atoms with Gasteiger partial charge in [0.15, 0.2) is 0 Å². The number of hydrogen-bond donors (Lipinski definition) is 1. The van der Waals surface area contributed by atoms with Gasteiger partial charge in [-0.05, 0) is 24.3 Å². The van der Waals surface area contributed by atoms with E-state index in [1.165, 1.54) is 11.8 Å². The van der Waals surface area contributed by atoms with Crippen molar-refractivity contribution in [2.75, 3.05) is 32.2 Å². The lowest BCUT2D eigenvalue weighted by molar-refractivity contribution is -0.117. The Balaban J connectivity index is 1.81. The summed E-state index contributed by atoms with van der Waals surface area (Å²) in [6.07, 6.45) is 3.70. The zero-order valence-corrected chi connectivity index (χ0v) is 13.7. The van der Waals surface area contributed by atoms with Crippen LogP contribution in [0, 0.1) is 0 Å². The molecule has 0 spiro atoms. The van der Waals surface area contributed by atoms with E-state index in [4.69, 9.17) is 9.47 Å². The molecule has 0 unspecified atom stereocenters. The predicted molar refractivity (Wildman–Crippen MR) is 88.5 cm³/mol. The van der Waals surface area contributed by atoms with Gasteiger partial charge in [0.2, 0.25) is 5.91 Å². The zero-order chi connectivity index (χ0) is 16.3. The number of rotatable bonds is 9. The van der Waals surface area contributed by atoms with Gasteiger partial charge in [0, 0.05) is 25.2 Å². The molecule has 0 aliphatic carbocycles. The van der Waals surface area contributed by atoms with Gasteiger partial charge in [0.25, 0.3) is 0 Å². The number of amides is 1. The van der Waals surface area contributed by atoms with Crippen molar-refractivity contribution in [3.63, 3.8) is 0 Å². The van der Waals surface area contributed by atoms with E-state index in [-0.39, 0.29) is 5.91 Å². The maximum atomic E-state index is 11.9. The van der Waals surface area contributed by atoms with E-state index in [9.17, 15) is 4.79 Å². The Bertz CT molecular complexity index is 611. The summed E-state index contributed by atoms with van der Waals surface area (Å²) < 4.78 is 10.1. The minimum Gasteiger partial charge on any atom is -0.382 e. The average Bonchev–Trinajstić information content (AvgIpc) is 2.56. The second-order valence-electron chi connectivity index (χ2n) is 4.56. The summed E-state index contributed by atoms with van der Waals surface area (Å²) in [6, 6.07) is 9.28. The van der Waals surface area contributed by atoms with Crippen LogP contribution in [-0.2, 0) is 14.3 Å². The second kappa shape index (κ2) is 9.94. The third-order valence-electron chi connectivity index (χ3n) is 2.77. The van der Waals surface area contributed by atoms with Crippen LogP contribution < -0.4 is 5.32 Å². The highest BCUT2D eigenvalue weighted by Gasteiger charge is 2.05. The normalized spacial score (nSPS) is 10.5. The number of ether oxygens (including phenoxy) is 2. The molecule has 2 rings (SSSR count). The summed E-state index contributed by atoms with van der Waals surface area (Å²) in [5, 5.41) is 4.47. The largest absolute Gasteiger partial charge is 0.382 e. The van der Waals surface area contributed by atoms with Crippen LogP contribution in [0.2, 0.25) is 0 Å². The van der Waals surface area contributed by atoms with E-state index in [0.29, 0.717) is 31.9 Å². The summed E-state index contributed by atoms with van der Waals surface area (Å²) in [5.74, 6) is -0.0950. The van der Waals surface area contributed by atoms with Crippen molar-refractivity contribution in [3.8, 4) is 0 Å². The Kier molecular flexibility index (Phi) is 7.51. The van der Waals surface area contributed by atoms with Gasteiger partial charge in [-0.25, -0.2) is 9.97 Å². The van der Waals surface area contributed by atoms with Gasteiger partial charge in [-0.15, -0.1) is 0 Å². The lowest BCUT2D eigenvalue weighted by atomic mass is 10.3. The summed E-state index contributed by atoms with van der Waals surface area (Å²) in [5.41, 5.74) is 0.709. The van der Waals surface area contributed by atoms with E-state index in [0.717, 1.165) is 10.1 Å². The molecule has 6 nitrogen and oxygen atoms in total. The molecule has 0 aliphatic heterocycles.